The summed E-state index contributed by atoms with van der Waals surface area (Å²) in [6.45, 7) is 1.01. The van der Waals surface area contributed by atoms with Gasteiger partial charge in [-0.25, -0.2) is 13.4 Å². The number of hydrogen-bond donors (Lipinski definition) is 1. The molecule has 108 valence electrons. The Kier molecular flexibility index (Phi) is 5.36. The van der Waals surface area contributed by atoms with Gasteiger partial charge in [0.1, 0.15) is 0 Å². The van der Waals surface area contributed by atoms with Gasteiger partial charge in [0, 0.05) is 11.8 Å². The first kappa shape index (κ1) is 14.9. The van der Waals surface area contributed by atoms with E-state index in [-0.39, 0.29) is 5.92 Å². The molecule has 0 bridgehead atoms. The summed E-state index contributed by atoms with van der Waals surface area (Å²) in [7, 11) is -0.840. The largest absolute Gasteiger partial charge is 0.320 e. The first-order valence-electron chi connectivity index (χ1n) is 6.87. The Morgan fingerprint density at radius 3 is 3.11 bits per heavy atom. The maximum atomic E-state index is 11.6. The standard InChI is InChI=1S/C13H22N2O2S2/c1-14-6-2-5-12-9-18-13(15-12)8-11-4-3-7-19(16,17)10-11/h9,11,14H,2-8,10H2,1H3. The van der Waals surface area contributed by atoms with Crippen molar-refractivity contribution in [1.29, 1.82) is 0 Å². The van der Waals surface area contributed by atoms with E-state index >= 15 is 0 Å². The number of hydrogen-bond acceptors (Lipinski definition) is 5. The van der Waals surface area contributed by atoms with Crippen LogP contribution in [-0.4, -0.2) is 38.5 Å². The lowest BCUT2D eigenvalue weighted by atomic mass is 10.0. The molecular formula is C13H22N2O2S2. The molecule has 2 heterocycles. The highest BCUT2D eigenvalue weighted by atomic mass is 32.2. The van der Waals surface area contributed by atoms with Crippen LogP contribution in [0.2, 0.25) is 0 Å². The molecule has 1 atom stereocenters. The highest BCUT2D eigenvalue weighted by Gasteiger charge is 2.25. The molecule has 4 nitrogen and oxygen atoms in total. The minimum atomic E-state index is -2.79. The molecule has 1 aliphatic heterocycles. The molecule has 1 unspecified atom stereocenters. The Labute approximate surface area is 119 Å². The van der Waals surface area contributed by atoms with E-state index in [1.807, 2.05) is 7.05 Å². The summed E-state index contributed by atoms with van der Waals surface area (Å²) < 4.78 is 23.2. The van der Waals surface area contributed by atoms with Crippen molar-refractivity contribution >= 4 is 21.2 Å². The van der Waals surface area contributed by atoms with Crippen LogP contribution in [0.1, 0.15) is 30.0 Å². The lowest BCUT2D eigenvalue weighted by Crippen LogP contribution is -2.26. The van der Waals surface area contributed by atoms with Crippen LogP contribution in [-0.2, 0) is 22.7 Å². The van der Waals surface area contributed by atoms with Crippen molar-refractivity contribution in [3.05, 3.63) is 16.1 Å². The molecule has 0 aromatic carbocycles. The molecule has 0 amide bonds. The maximum Gasteiger partial charge on any atom is 0.150 e. The fraction of sp³-hybridized carbons (Fsp3) is 0.769. The Balaban J connectivity index is 1.85. The molecule has 0 aliphatic carbocycles. The zero-order chi connectivity index (χ0) is 13.7. The van der Waals surface area contributed by atoms with Crippen LogP contribution in [0, 0.1) is 5.92 Å². The SMILES string of the molecule is CNCCCc1csc(CC2CCCS(=O)(=O)C2)n1. The molecule has 0 saturated carbocycles. The van der Waals surface area contributed by atoms with Crippen LogP contribution in [0.3, 0.4) is 0 Å². The molecule has 1 aromatic rings. The zero-order valence-corrected chi connectivity index (χ0v) is 13.0. The van der Waals surface area contributed by atoms with Gasteiger partial charge in [0.15, 0.2) is 9.84 Å². The predicted octanol–water partition coefficient (Wildman–Crippen LogP) is 1.66. The lowest BCUT2D eigenvalue weighted by Gasteiger charge is -2.20. The van der Waals surface area contributed by atoms with Gasteiger partial charge in [-0.3, -0.25) is 0 Å². The summed E-state index contributed by atoms with van der Waals surface area (Å²) >= 11 is 1.68. The van der Waals surface area contributed by atoms with Gasteiger partial charge in [0.25, 0.3) is 0 Å². The summed E-state index contributed by atoms with van der Waals surface area (Å²) in [5.74, 6) is 0.994. The van der Waals surface area contributed by atoms with E-state index in [1.165, 1.54) is 0 Å². The first-order valence-corrected chi connectivity index (χ1v) is 9.57. The average molecular weight is 302 g/mol. The fourth-order valence-electron chi connectivity index (χ4n) is 2.53. The van der Waals surface area contributed by atoms with Crippen LogP contribution >= 0.6 is 11.3 Å². The third-order valence-corrected chi connectivity index (χ3v) is 6.29. The molecule has 1 N–H and O–H groups in total. The molecule has 19 heavy (non-hydrogen) atoms. The van der Waals surface area contributed by atoms with Crippen LogP contribution < -0.4 is 5.32 Å². The van der Waals surface area contributed by atoms with Crippen LogP contribution in [0.4, 0.5) is 0 Å². The molecule has 6 heteroatoms. The van der Waals surface area contributed by atoms with Crippen LogP contribution in [0.25, 0.3) is 0 Å². The Hall–Kier alpha value is -0.460. The van der Waals surface area contributed by atoms with E-state index < -0.39 is 9.84 Å². The number of sulfone groups is 1. The number of aryl methyl sites for hydroxylation is 1. The molecule has 0 radical (unpaired) electrons. The summed E-state index contributed by atoms with van der Waals surface area (Å²) in [4.78, 5) is 4.62. The highest BCUT2D eigenvalue weighted by molar-refractivity contribution is 7.91. The van der Waals surface area contributed by atoms with E-state index in [0.717, 1.165) is 49.4 Å². The van der Waals surface area contributed by atoms with E-state index in [9.17, 15) is 8.42 Å². The number of nitrogens with one attached hydrogen (secondary N) is 1. The Morgan fingerprint density at radius 2 is 2.37 bits per heavy atom. The van der Waals surface area contributed by atoms with Crippen molar-refractivity contribution in [1.82, 2.24) is 10.3 Å². The van der Waals surface area contributed by atoms with Gasteiger partial charge < -0.3 is 5.32 Å². The number of aromatic nitrogens is 1. The van der Waals surface area contributed by atoms with Crippen LogP contribution in [0.15, 0.2) is 5.38 Å². The molecule has 2 rings (SSSR count). The van der Waals surface area contributed by atoms with Crippen molar-refractivity contribution < 1.29 is 8.42 Å². The van der Waals surface area contributed by atoms with Gasteiger partial charge in [-0.2, -0.15) is 0 Å². The van der Waals surface area contributed by atoms with Crippen molar-refractivity contribution in [2.24, 2.45) is 5.92 Å². The lowest BCUT2D eigenvalue weighted by molar-refractivity contribution is 0.482. The highest BCUT2D eigenvalue weighted by Crippen LogP contribution is 2.24. The third-order valence-electron chi connectivity index (χ3n) is 3.48. The van der Waals surface area contributed by atoms with Gasteiger partial charge in [-0.1, -0.05) is 0 Å². The molecular weight excluding hydrogens is 280 g/mol. The van der Waals surface area contributed by atoms with Crippen molar-refractivity contribution in [2.45, 2.75) is 32.1 Å². The Bertz CT molecular complexity index is 496. The number of rotatable bonds is 6. The van der Waals surface area contributed by atoms with Crippen molar-refractivity contribution in [2.75, 3.05) is 25.1 Å². The van der Waals surface area contributed by atoms with Crippen molar-refractivity contribution in [3.63, 3.8) is 0 Å². The van der Waals surface area contributed by atoms with Crippen LogP contribution in [0.5, 0.6) is 0 Å². The second kappa shape index (κ2) is 6.81. The topological polar surface area (TPSA) is 59.1 Å². The maximum absolute atomic E-state index is 11.6. The summed E-state index contributed by atoms with van der Waals surface area (Å²) in [6, 6.07) is 0. The minimum absolute atomic E-state index is 0.273. The molecule has 1 fully saturated rings. The summed E-state index contributed by atoms with van der Waals surface area (Å²) in [5.41, 5.74) is 1.15. The van der Waals surface area contributed by atoms with E-state index in [4.69, 9.17) is 0 Å². The second-order valence-electron chi connectivity index (χ2n) is 5.27. The predicted molar refractivity (Wildman–Crippen MR) is 79.4 cm³/mol. The monoisotopic (exact) mass is 302 g/mol. The van der Waals surface area contributed by atoms with Gasteiger partial charge in [0.05, 0.1) is 22.2 Å². The molecule has 0 spiro atoms. The quantitative estimate of drug-likeness (QED) is 0.812. The van der Waals surface area contributed by atoms with E-state index in [0.29, 0.717) is 11.5 Å². The summed E-state index contributed by atoms with van der Waals surface area (Å²) in [6.07, 6.45) is 4.76. The van der Waals surface area contributed by atoms with Gasteiger partial charge in [0.2, 0.25) is 0 Å². The Morgan fingerprint density at radius 1 is 1.53 bits per heavy atom. The minimum Gasteiger partial charge on any atom is -0.320 e. The molecule has 1 aliphatic rings. The van der Waals surface area contributed by atoms with Gasteiger partial charge in [-0.05, 0) is 45.2 Å². The zero-order valence-electron chi connectivity index (χ0n) is 11.4. The normalized spacial score (nSPS) is 22.5. The second-order valence-corrected chi connectivity index (χ2v) is 8.44. The third kappa shape index (κ3) is 4.85. The van der Waals surface area contributed by atoms with Gasteiger partial charge >= 0.3 is 0 Å². The summed E-state index contributed by atoms with van der Waals surface area (Å²) in [5, 5.41) is 6.34. The number of thiazole rings is 1. The van der Waals surface area contributed by atoms with Crippen molar-refractivity contribution in [3.8, 4) is 0 Å². The molecule has 1 saturated heterocycles. The number of nitrogens with zero attached hydrogens (tertiary/aromatic N) is 1. The molecule has 1 aromatic heterocycles. The van der Waals surface area contributed by atoms with E-state index in [1.54, 1.807) is 11.3 Å². The van der Waals surface area contributed by atoms with Gasteiger partial charge in [-0.15, -0.1) is 11.3 Å². The fourth-order valence-corrected chi connectivity index (χ4v) is 5.25. The average Bonchev–Trinajstić information content (AvgIpc) is 2.76. The smallest absolute Gasteiger partial charge is 0.150 e. The first-order chi connectivity index (χ1) is 9.09. The van der Waals surface area contributed by atoms with E-state index in [2.05, 4.69) is 15.7 Å².